The quantitative estimate of drug-likeness (QED) is 0.937. The number of nitrogens with zero attached hydrogens (tertiary/aromatic N) is 4. The zero-order chi connectivity index (χ0) is 16.7. The van der Waals surface area contributed by atoms with E-state index in [4.69, 9.17) is 20.5 Å². The van der Waals surface area contributed by atoms with E-state index in [1.807, 2.05) is 19.1 Å². The fourth-order valence-electron chi connectivity index (χ4n) is 3.21. The lowest BCUT2D eigenvalue weighted by atomic mass is 9.93. The first kappa shape index (κ1) is 14.8. The fraction of sp³-hybridized carbons (Fsp3) is 0.333. The van der Waals surface area contributed by atoms with Gasteiger partial charge in [-0.2, -0.15) is 0 Å². The Hall–Kier alpha value is -2.76. The van der Waals surface area contributed by atoms with Gasteiger partial charge >= 0.3 is 0 Å². The van der Waals surface area contributed by atoms with Gasteiger partial charge in [-0.3, -0.25) is 15.0 Å². The van der Waals surface area contributed by atoms with Crippen LogP contribution in [-0.4, -0.2) is 28.6 Å². The van der Waals surface area contributed by atoms with Crippen LogP contribution in [0.1, 0.15) is 25.3 Å². The number of ether oxygens (including phenoxy) is 1. The fourth-order valence-corrected chi connectivity index (χ4v) is 3.21. The van der Waals surface area contributed by atoms with E-state index in [2.05, 4.69) is 16.0 Å². The molecule has 0 spiro atoms. The van der Waals surface area contributed by atoms with Crippen molar-refractivity contribution >= 4 is 11.5 Å². The van der Waals surface area contributed by atoms with Crippen LogP contribution in [0.3, 0.4) is 0 Å². The van der Waals surface area contributed by atoms with Crippen LogP contribution in [0.4, 0.5) is 0 Å². The van der Waals surface area contributed by atoms with Crippen LogP contribution >= 0.6 is 0 Å². The molecule has 24 heavy (non-hydrogen) atoms. The number of methoxy groups -OCH3 is 1. The second-order valence-electron chi connectivity index (χ2n) is 6.20. The number of nitrogens with two attached hydrogens (primary N) is 1. The maximum atomic E-state index is 6.03. The normalized spacial score (nSPS) is 22.9. The van der Waals surface area contributed by atoms with Gasteiger partial charge in [0.15, 0.2) is 5.66 Å². The van der Waals surface area contributed by atoms with Gasteiger partial charge < -0.3 is 10.5 Å². The Morgan fingerprint density at radius 3 is 2.62 bits per heavy atom. The molecule has 1 atom stereocenters. The number of aromatic nitrogens is 2. The standard InChI is InChI=1S/C18H19N5O/c1-11-17(19)23-18(22-11,12-3-4-12)13-5-6-16(24-2)14(9-13)15-10-20-7-8-21-15/h5-10,12H,3-4H2,1-2H3,(H2,19,23). The van der Waals surface area contributed by atoms with Crippen molar-refractivity contribution in [3.05, 3.63) is 42.4 Å². The highest BCUT2D eigenvalue weighted by atomic mass is 16.5. The largest absolute Gasteiger partial charge is 0.496 e. The van der Waals surface area contributed by atoms with Gasteiger partial charge in [-0.1, -0.05) is 6.07 Å². The summed E-state index contributed by atoms with van der Waals surface area (Å²) in [4.78, 5) is 18.1. The van der Waals surface area contributed by atoms with Gasteiger partial charge in [0, 0.05) is 29.4 Å². The lowest BCUT2D eigenvalue weighted by Gasteiger charge is -2.24. The molecule has 1 unspecified atom stereocenters. The highest BCUT2D eigenvalue weighted by Crippen LogP contribution is 2.52. The Morgan fingerprint density at radius 2 is 2.04 bits per heavy atom. The van der Waals surface area contributed by atoms with E-state index in [0.717, 1.165) is 41.1 Å². The van der Waals surface area contributed by atoms with Crippen molar-refractivity contribution in [1.29, 1.82) is 0 Å². The SMILES string of the molecule is COc1ccc(C2(C3CC3)N=C(C)C(N)=N2)cc1-c1cnccn1. The highest BCUT2D eigenvalue weighted by molar-refractivity contribution is 6.41. The smallest absolute Gasteiger partial charge is 0.181 e. The Kier molecular flexibility index (Phi) is 3.33. The zero-order valence-corrected chi connectivity index (χ0v) is 13.7. The topological polar surface area (TPSA) is 85.8 Å². The molecular formula is C18H19N5O. The van der Waals surface area contributed by atoms with E-state index < -0.39 is 5.66 Å². The molecule has 0 saturated heterocycles. The van der Waals surface area contributed by atoms with Crippen LogP contribution in [0.15, 0.2) is 46.8 Å². The average Bonchev–Trinajstić information content (AvgIpc) is 3.42. The molecule has 1 aromatic carbocycles. The van der Waals surface area contributed by atoms with Crippen molar-refractivity contribution in [1.82, 2.24) is 9.97 Å². The number of amidine groups is 1. The molecule has 1 aliphatic heterocycles. The minimum absolute atomic E-state index is 0.400. The molecule has 1 fully saturated rings. The van der Waals surface area contributed by atoms with Crippen molar-refractivity contribution in [2.45, 2.75) is 25.4 Å². The van der Waals surface area contributed by atoms with Crippen molar-refractivity contribution < 1.29 is 4.74 Å². The summed E-state index contributed by atoms with van der Waals surface area (Å²) in [7, 11) is 1.65. The molecule has 2 aromatic rings. The molecule has 6 nitrogen and oxygen atoms in total. The van der Waals surface area contributed by atoms with Crippen molar-refractivity contribution in [3.63, 3.8) is 0 Å². The van der Waals surface area contributed by atoms with Gasteiger partial charge in [-0.05, 0) is 31.9 Å². The van der Waals surface area contributed by atoms with Gasteiger partial charge in [-0.25, -0.2) is 4.99 Å². The third-order valence-corrected chi connectivity index (χ3v) is 4.61. The zero-order valence-electron chi connectivity index (χ0n) is 13.7. The third kappa shape index (κ3) is 2.26. The predicted molar refractivity (Wildman–Crippen MR) is 93.2 cm³/mol. The lowest BCUT2D eigenvalue weighted by Crippen LogP contribution is -2.23. The Balaban J connectivity index is 1.88. The summed E-state index contributed by atoms with van der Waals surface area (Å²) in [5, 5.41) is 0. The van der Waals surface area contributed by atoms with E-state index in [1.165, 1.54) is 0 Å². The first-order valence-electron chi connectivity index (χ1n) is 8.01. The van der Waals surface area contributed by atoms with Crippen LogP contribution in [0.2, 0.25) is 0 Å². The molecule has 122 valence electrons. The molecular weight excluding hydrogens is 302 g/mol. The molecule has 0 bridgehead atoms. The molecule has 4 rings (SSSR count). The van der Waals surface area contributed by atoms with Crippen LogP contribution in [-0.2, 0) is 5.66 Å². The maximum absolute atomic E-state index is 6.03. The Morgan fingerprint density at radius 1 is 1.21 bits per heavy atom. The van der Waals surface area contributed by atoms with E-state index in [-0.39, 0.29) is 0 Å². The van der Waals surface area contributed by atoms with Gasteiger partial charge in [-0.15, -0.1) is 0 Å². The van der Waals surface area contributed by atoms with Gasteiger partial charge in [0.25, 0.3) is 0 Å². The molecule has 1 aliphatic carbocycles. The lowest BCUT2D eigenvalue weighted by molar-refractivity contribution is 0.407. The molecule has 1 saturated carbocycles. The summed E-state index contributed by atoms with van der Waals surface area (Å²) >= 11 is 0. The van der Waals surface area contributed by atoms with Crippen LogP contribution in [0, 0.1) is 5.92 Å². The third-order valence-electron chi connectivity index (χ3n) is 4.61. The molecule has 0 radical (unpaired) electrons. The number of hydrogen-bond donors (Lipinski definition) is 1. The molecule has 2 aliphatic rings. The first-order chi connectivity index (χ1) is 11.6. The van der Waals surface area contributed by atoms with Crippen LogP contribution in [0.25, 0.3) is 11.3 Å². The summed E-state index contributed by atoms with van der Waals surface area (Å²) < 4.78 is 5.50. The van der Waals surface area contributed by atoms with E-state index in [0.29, 0.717) is 11.8 Å². The number of aliphatic imine (C=N–C) groups is 2. The monoisotopic (exact) mass is 321 g/mol. The van der Waals surface area contributed by atoms with E-state index in [9.17, 15) is 0 Å². The van der Waals surface area contributed by atoms with E-state index >= 15 is 0 Å². The van der Waals surface area contributed by atoms with Crippen LogP contribution < -0.4 is 10.5 Å². The summed E-state index contributed by atoms with van der Waals surface area (Å²) in [6, 6.07) is 6.02. The molecule has 0 amide bonds. The summed E-state index contributed by atoms with van der Waals surface area (Å²) in [5.41, 5.74) is 8.91. The minimum atomic E-state index is -0.600. The predicted octanol–water partition coefficient (Wildman–Crippen LogP) is 2.55. The molecule has 2 N–H and O–H groups in total. The average molecular weight is 321 g/mol. The molecule has 6 heteroatoms. The summed E-state index contributed by atoms with van der Waals surface area (Å²) in [6.07, 6.45) is 7.28. The molecule has 1 aromatic heterocycles. The van der Waals surface area contributed by atoms with Gasteiger partial charge in [0.05, 0.1) is 24.7 Å². The van der Waals surface area contributed by atoms with Gasteiger partial charge in [0.2, 0.25) is 0 Å². The number of hydrogen-bond acceptors (Lipinski definition) is 6. The van der Waals surface area contributed by atoms with Crippen molar-refractivity contribution in [2.75, 3.05) is 7.11 Å². The van der Waals surface area contributed by atoms with Gasteiger partial charge in [0.1, 0.15) is 11.6 Å². The van der Waals surface area contributed by atoms with Crippen LogP contribution in [0.5, 0.6) is 5.75 Å². The highest BCUT2D eigenvalue weighted by Gasteiger charge is 2.49. The summed E-state index contributed by atoms with van der Waals surface area (Å²) in [6.45, 7) is 1.91. The van der Waals surface area contributed by atoms with E-state index in [1.54, 1.807) is 25.7 Å². The van der Waals surface area contributed by atoms with Crippen molar-refractivity contribution in [3.8, 4) is 17.0 Å². The first-order valence-corrected chi connectivity index (χ1v) is 8.01. The van der Waals surface area contributed by atoms with Crippen molar-refractivity contribution in [2.24, 2.45) is 21.6 Å². The minimum Gasteiger partial charge on any atom is -0.496 e. The maximum Gasteiger partial charge on any atom is 0.181 e. The Labute approximate surface area is 140 Å². The number of benzene rings is 1. The molecule has 2 heterocycles. The second-order valence-corrected chi connectivity index (χ2v) is 6.20. The second kappa shape index (κ2) is 5.40. The number of rotatable bonds is 4. The Bertz CT molecular complexity index is 822. The summed E-state index contributed by atoms with van der Waals surface area (Å²) in [5.74, 6) is 1.68.